The van der Waals surface area contributed by atoms with Crippen LogP contribution in [0, 0.1) is 0 Å². The minimum absolute atomic E-state index is 0.175. The molecule has 20 heavy (non-hydrogen) atoms. The second kappa shape index (κ2) is 5.66. The second-order valence-corrected chi connectivity index (χ2v) is 6.76. The molecule has 2 aliphatic heterocycles. The van der Waals surface area contributed by atoms with Crippen LogP contribution in [0.1, 0.15) is 6.42 Å². The van der Waals surface area contributed by atoms with Crippen LogP contribution in [0.5, 0.6) is 0 Å². The number of rotatable bonds is 4. The fraction of sp³-hybridized carbons (Fsp3) is 0.533. The van der Waals surface area contributed by atoms with Crippen LogP contribution in [0.4, 0.5) is 4.79 Å². The van der Waals surface area contributed by atoms with E-state index in [0.717, 1.165) is 38.4 Å². The van der Waals surface area contributed by atoms with E-state index in [1.807, 2.05) is 24.9 Å². The maximum Gasteiger partial charge on any atom is 0.410 e. The van der Waals surface area contributed by atoms with Crippen molar-refractivity contribution in [3.8, 4) is 0 Å². The average Bonchev–Trinajstić information content (AvgIpc) is 2.95. The van der Waals surface area contributed by atoms with E-state index in [4.69, 9.17) is 4.74 Å². The number of hydrogen-bond donors (Lipinski definition) is 0. The highest BCUT2D eigenvalue weighted by molar-refractivity contribution is 7.99. The Morgan fingerprint density at radius 3 is 2.80 bits per heavy atom. The van der Waals surface area contributed by atoms with Crippen molar-refractivity contribution in [3.05, 3.63) is 30.3 Å². The normalized spacial score (nSPS) is 26.4. The maximum atomic E-state index is 11.5. The summed E-state index contributed by atoms with van der Waals surface area (Å²) in [5.41, 5.74) is -0.247. The zero-order chi connectivity index (χ0) is 14.0. The third-order valence-corrected chi connectivity index (χ3v) is 4.95. The molecule has 2 saturated heterocycles. The van der Waals surface area contributed by atoms with Crippen LogP contribution in [0.2, 0.25) is 0 Å². The van der Waals surface area contributed by atoms with Crippen molar-refractivity contribution in [2.75, 3.05) is 39.0 Å². The van der Waals surface area contributed by atoms with E-state index < -0.39 is 0 Å². The van der Waals surface area contributed by atoms with Gasteiger partial charge >= 0.3 is 6.09 Å². The van der Waals surface area contributed by atoms with Crippen LogP contribution >= 0.6 is 11.8 Å². The lowest BCUT2D eigenvalue weighted by Gasteiger charge is -2.21. The van der Waals surface area contributed by atoms with E-state index in [-0.39, 0.29) is 11.7 Å². The quantitative estimate of drug-likeness (QED) is 0.797. The van der Waals surface area contributed by atoms with E-state index in [2.05, 4.69) is 29.2 Å². The van der Waals surface area contributed by atoms with E-state index in [1.165, 1.54) is 4.90 Å². The molecule has 1 aromatic rings. The molecule has 0 bridgehead atoms. The van der Waals surface area contributed by atoms with Crippen molar-refractivity contribution < 1.29 is 9.53 Å². The van der Waals surface area contributed by atoms with Crippen LogP contribution in [0.15, 0.2) is 35.2 Å². The molecule has 2 aliphatic rings. The summed E-state index contributed by atoms with van der Waals surface area (Å²) in [6.45, 7) is 3.67. The molecule has 108 valence electrons. The lowest BCUT2D eigenvalue weighted by molar-refractivity contribution is 0.0640. The third-order valence-electron chi connectivity index (χ3n) is 3.96. The molecular weight excluding hydrogens is 272 g/mol. The molecule has 3 rings (SSSR count). The molecule has 1 atom stereocenters. The van der Waals surface area contributed by atoms with Gasteiger partial charge in [-0.25, -0.2) is 4.79 Å². The molecule has 5 heteroatoms. The number of carbonyl (C=O) groups is 1. The van der Waals surface area contributed by atoms with Crippen molar-refractivity contribution in [3.63, 3.8) is 0 Å². The Bertz CT molecular complexity index is 482. The third kappa shape index (κ3) is 2.94. The largest absolute Gasteiger partial charge is 0.439 e. The Morgan fingerprint density at radius 2 is 2.10 bits per heavy atom. The Morgan fingerprint density at radius 1 is 1.30 bits per heavy atom. The molecule has 2 heterocycles. The van der Waals surface area contributed by atoms with Gasteiger partial charge in [0.15, 0.2) is 0 Å². The summed E-state index contributed by atoms with van der Waals surface area (Å²) < 4.78 is 5.56. The Balaban J connectivity index is 1.46. The monoisotopic (exact) mass is 292 g/mol. The zero-order valence-corrected chi connectivity index (χ0v) is 12.6. The second-order valence-electron chi connectivity index (χ2n) is 5.59. The standard InChI is InChI=1S/C15H20N2O2S/c1-16-11-15(19-14(16)18)7-8-17(12-15)9-10-20-13-5-3-2-4-6-13/h2-6H,7-12H2,1H3/t15-/m1/s1. The number of thioether (sulfide) groups is 1. The Hall–Kier alpha value is -1.20. The molecule has 1 spiro atoms. The molecule has 1 aromatic carbocycles. The number of likely N-dealkylation sites (N-methyl/N-ethyl adjacent to an activating group) is 1. The highest BCUT2D eigenvalue weighted by atomic mass is 32.2. The summed E-state index contributed by atoms with van der Waals surface area (Å²) in [7, 11) is 1.81. The van der Waals surface area contributed by atoms with E-state index in [1.54, 1.807) is 4.90 Å². The number of ether oxygens (including phenoxy) is 1. The van der Waals surface area contributed by atoms with E-state index in [9.17, 15) is 4.79 Å². The van der Waals surface area contributed by atoms with Crippen LogP contribution in [0.25, 0.3) is 0 Å². The minimum atomic E-state index is -0.247. The molecule has 1 amide bonds. The summed E-state index contributed by atoms with van der Waals surface area (Å²) in [5.74, 6) is 1.07. The Labute approximate surface area is 124 Å². The van der Waals surface area contributed by atoms with Crippen LogP contribution in [-0.4, -0.2) is 60.5 Å². The fourth-order valence-corrected chi connectivity index (χ4v) is 3.87. The van der Waals surface area contributed by atoms with Gasteiger partial charge in [-0.1, -0.05) is 18.2 Å². The van der Waals surface area contributed by atoms with Gasteiger partial charge in [-0.05, 0) is 12.1 Å². The van der Waals surface area contributed by atoms with Crippen molar-refractivity contribution in [1.29, 1.82) is 0 Å². The molecule has 0 aliphatic carbocycles. The van der Waals surface area contributed by atoms with Crippen LogP contribution in [-0.2, 0) is 4.74 Å². The highest BCUT2D eigenvalue weighted by Crippen LogP contribution is 2.31. The number of benzene rings is 1. The zero-order valence-electron chi connectivity index (χ0n) is 11.7. The SMILES string of the molecule is CN1C[C@@]2(CCN(CCSc3ccccc3)C2)OC1=O. The molecule has 0 unspecified atom stereocenters. The first-order valence-corrected chi connectivity index (χ1v) is 8.00. The smallest absolute Gasteiger partial charge is 0.410 e. The van der Waals surface area contributed by atoms with Crippen LogP contribution in [0.3, 0.4) is 0 Å². The van der Waals surface area contributed by atoms with Crippen molar-refractivity contribution in [1.82, 2.24) is 9.80 Å². The van der Waals surface area contributed by atoms with Gasteiger partial charge in [0.25, 0.3) is 0 Å². The van der Waals surface area contributed by atoms with Gasteiger partial charge in [0.1, 0.15) is 5.60 Å². The van der Waals surface area contributed by atoms with Gasteiger partial charge < -0.3 is 9.64 Å². The molecule has 2 fully saturated rings. The number of likely N-dealkylation sites (tertiary alicyclic amines) is 1. The molecule has 4 nitrogen and oxygen atoms in total. The maximum absolute atomic E-state index is 11.5. The summed E-state index contributed by atoms with van der Waals surface area (Å²) in [6.07, 6.45) is 0.782. The predicted molar refractivity (Wildman–Crippen MR) is 80.1 cm³/mol. The van der Waals surface area contributed by atoms with Crippen molar-refractivity contribution in [2.45, 2.75) is 16.9 Å². The molecule has 0 aromatic heterocycles. The van der Waals surface area contributed by atoms with Crippen LogP contribution < -0.4 is 0 Å². The molecular formula is C15H20N2O2S. The number of carbonyl (C=O) groups excluding carboxylic acids is 1. The summed E-state index contributed by atoms with van der Waals surface area (Å²) in [4.78, 5) is 16.9. The molecule has 0 N–H and O–H groups in total. The van der Waals surface area contributed by atoms with E-state index in [0.29, 0.717) is 0 Å². The predicted octanol–water partition coefficient (Wildman–Crippen LogP) is 2.31. The topological polar surface area (TPSA) is 32.8 Å². The highest BCUT2D eigenvalue weighted by Gasteiger charge is 2.48. The first kappa shape index (κ1) is 13.8. The van der Waals surface area contributed by atoms with Gasteiger partial charge in [-0.2, -0.15) is 0 Å². The fourth-order valence-electron chi connectivity index (χ4n) is 2.93. The van der Waals surface area contributed by atoms with Gasteiger partial charge in [0.05, 0.1) is 6.54 Å². The summed E-state index contributed by atoms with van der Waals surface area (Å²) >= 11 is 1.88. The first-order chi connectivity index (χ1) is 9.67. The number of hydrogen-bond acceptors (Lipinski definition) is 4. The van der Waals surface area contributed by atoms with Gasteiger partial charge in [0, 0.05) is 43.8 Å². The van der Waals surface area contributed by atoms with Gasteiger partial charge in [0.2, 0.25) is 0 Å². The minimum Gasteiger partial charge on any atom is -0.439 e. The van der Waals surface area contributed by atoms with Gasteiger partial charge in [-0.15, -0.1) is 11.8 Å². The van der Waals surface area contributed by atoms with Crippen molar-refractivity contribution in [2.24, 2.45) is 0 Å². The first-order valence-electron chi connectivity index (χ1n) is 7.01. The van der Waals surface area contributed by atoms with Gasteiger partial charge in [-0.3, -0.25) is 4.90 Å². The van der Waals surface area contributed by atoms with E-state index >= 15 is 0 Å². The summed E-state index contributed by atoms with van der Waals surface area (Å²) in [6, 6.07) is 10.5. The van der Waals surface area contributed by atoms with Crippen molar-refractivity contribution >= 4 is 17.9 Å². The summed E-state index contributed by atoms with van der Waals surface area (Å²) in [5, 5.41) is 0. The average molecular weight is 292 g/mol. The Kier molecular flexibility index (Phi) is 3.89. The molecule has 0 radical (unpaired) electrons. The lowest BCUT2D eigenvalue weighted by atomic mass is 10.0. The lowest BCUT2D eigenvalue weighted by Crippen LogP contribution is -2.37. The number of amides is 1. The number of nitrogens with zero attached hydrogens (tertiary/aromatic N) is 2. The molecule has 0 saturated carbocycles.